The molecule has 150 valence electrons. The molecule has 1 aliphatic carbocycles. The van der Waals surface area contributed by atoms with E-state index in [0.717, 1.165) is 18.4 Å². The lowest BCUT2D eigenvalue weighted by Gasteiger charge is -2.11. The summed E-state index contributed by atoms with van der Waals surface area (Å²) in [6.45, 7) is 0.772. The zero-order valence-electron chi connectivity index (χ0n) is 16.3. The first kappa shape index (κ1) is 19.0. The number of benzene rings is 1. The zero-order chi connectivity index (χ0) is 20.1. The van der Waals surface area contributed by atoms with Crippen LogP contribution in [-0.4, -0.2) is 32.2 Å². The van der Waals surface area contributed by atoms with E-state index in [2.05, 4.69) is 15.7 Å². The molecule has 1 fully saturated rings. The lowest BCUT2D eigenvalue weighted by atomic mass is 10.2. The van der Waals surface area contributed by atoms with E-state index < -0.39 is 0 Å². The molecule has 1 saturated carbocycles. The molecule has 2 amide bonds. The Hall–Kier alpha value is -3.35. The number of aromatic nitrogens is 3. The first-order chi connectivity index (χ1) is 14.2. The van der Waals surface area contributed by atoms with E-state index in [4.69, 9.17) is 0 Å². The average Bonchev–Trinajstić information content (AvgIpc) is 3.46. The van der Waals surface area contributed by atoms with Gasteiger partial charge in [0, 0.05) is 25.0 Å². The topological polar surface area (TPSA) is 81.0 Å². The molecule has 0 unspecified atom stereocenters. The smallest absolute Gasteiger partial charge is 0.272 e. The molecule has 7 heteroatoms. The summed E-state index contributed by atoms with van der Waals surface area (Å²) in [7, 11) is 0. The third-order valence-electron chi connectivity index (χ3n) is 5.17. The van der Waals surface area contributed by atoms with Crippen LogP contribution in [0, 0.1) is 0 Å². The van der Waals surface area contributed by atoms with Crippen molar-refractivity contribution in [3.63, 3.8) is 0 Å². The number of nitrogens with one attached hydrogen (secondary N) is 2. The molecule has 2 aromatic heterocycles. The van der Waals surface area contributed by atoms with Crippen molar-refractivity contribution in [1.82, 2.24) is 19.7 Å². The number of nitrogens with zero attached hydrogens (tertiary/aromatic N) is 3. The van der Waals surface area contributed by atoms with E-state index in [9.17, 15) is 9.59 Å². The number of hydrogen-bond donors (Lipinski definition) is 2. The Kier molecular flexibility index (Phi) is 5.74. The summed E-state index contributed by atoms with van der Waals surface area (Å²) in [5.41, 5.74) is 2.26. The summed E-state index contributed by atoms with van der Waals surface area (Å²) in [4.78, 5) is 24.8. The second-order valence-corrected chi connectivity index (χ2v) is 7.44. The van der Waals surface area contributed by atoms with Gasteiger partial charge in [-0.2, -0.15) is 5.10 Å². The molecular formula is C22H25N5O2. The first-order valence-electron chi connectivity index (χ1n) is 9.99. The van der Waals surface area contributed by atoms with Gasteiger partial charge >= 0.3 is 0 Å². The fraction of sp³-hybridized carbons (Fsp3) is 0.318. The van der Waals surface area contributed by atoms with Gasteiger partial charge in [0.05, 0.1) is 11.9 Å². The van der Waals surface area contributed by atoms with Crippen molar-refractivity contribution >= 4 is 17.5 Å². The molecule has 0 atom stereocenters. The minimum atomic E-state index is -0.208. The van der Waals surface area contributed by atoms with Crippen LogP contribution in [0.5, 0.6) is 0 Å². The Labute approximate surface area is 169 Å². The van der Waals surface area contributed by atoms with Crippen LogP contribution in [0.25, 0.3) is 0 Å². The molecule has 0 bridgehead atoms. The standard InChI is InChI=1S/C22H25N5O2/c28-21(24-18-9-4-5-10-18)16-27-15-19(13-23-27)25-22(29)20-11-6-12-26(20)14-17-7-2-1-3-8-17/h1-3,6-8,11-13,15,18H,4-5,9-10,14,16H2,(H,24,28)(H,25,29). The molecule has 0 saturated heterocycles. The third-order valence-corrected chi connectivity index (χ3v) is 5.17. The highest BCUT2D eigenvalue weighted by Gasteiger charge is 2.18. The predicted molar refractivity (Wildman–Crippen MR) is 111 cm³/mol. The summed E-state index contributed by atoms with van der Waals surface area (Å²) >= 11 is 0. The number of carbonyl (C=O) groups is 2. The largest absolute Gasteiger partial charge is 0.352 e. The number of rotatable bonds is 7. The second-order valence-electron chi connectivity index (χ2n) is 7.44. The second kappa shape index (κ2) is 8.77. The van der Waals surface area contributed by atoms with Crippen molar-refractivity contribution in [2.24, 2.45) is 0 Å². The maximum atomic E-state index is 12.7. The molecule has 2 N–H and O–H groups in total. The van der Waals surface area contributed by atoms with Crippen molar-refractivity contribution in [1.29, 1.82) is 0 Å². The lowest BCUT2D eigenvalue weighted by molar-refractivity contribution is -0.122. The van der Waals surface area contributed by atoms with Crippen LogP contribution in [0.15, 0.2) is 61.1 Å². The van der Waals surface area contributed by atoms with E-state index in [-0.39, 0.29) is 24.4 Å². The van der Waals surface area contributed by atoms with Gasteiger partial charge in [-0.3, -0.25) is 14.3 Å². The van der Waals surface area contributed by atoms with Gasteiger partial charge in [-0.25, -0.2) is 0 Å². The van der Waals surface area contributed by atoms with E-state index in [0.29, 0.717) is 17.9 Å². The highest BCUT2D eigenvalue weighted by atomic mass is 16.2. The zero-order valence-corrected chi connectivity index (χ0v) is 16.3. The number of hydrogen-bond acceptors (Lipinski definition) is 3. The van der Waals surface area contributed by atoms with Gasteiger partial charge in [-0.05, 0) is 30.5 Å². The fourth-order valence-electron chi connectivity index (χ4n) is 3.74. The molecule has 0 aliphatic heterocycles. The van der Waals surface area contributed by atoms with E-state index in [1.165, 1.54) is 12.8 Å². The highest BCUT2D eigenvalue weighted by molar-refractivity contribution is 6.03. The maximum Gasteiger partial charge on any atom is 0.272 e. The molecule has 3 aromatic rings. The summed E-state index contributed by atoms with van der Waals surface area (Å²) in [5.74, 6) is -0.254. The monoisotopic (exact) mass is 391 g/mol. The Bertz CT molecular complexity index is 970. The minimum absolute atomic E-state index is 0.0467. The third kappa shape index (κ3) is 4.93. The van der Waals surface area contributed by atoms with Gasteiger partial charge in [0.25, 0.3) is 5.91 Å². The number of amides is 2. The Balaban J connectivity index is 1.35. The first-order valence-corrected chi connectivity index (χ1v) is 9.99. The van der Waals surface area contributed by atoms with E-state index >= 15 is 0 Å². The van der Waals surface area contributed by atoms with E-state index in [1.54, 1.807) is 23.1 Å². The number of anilines is 1. The van der Waals surface area contributed by atoms with Crippen LogP contribution in [0.3, 0.4) is 0 Å². The van der Waals surface area contributed by atoms with Crippen LogP contribution >= 0.6 is 0 Å². The molecule has 7 nitrogen and oxygen atoms in total. The molecular weight excluding hydrogens is 366 g/mol. The number of carbonyl (C=O) groups excluding carboxylic acids is 2. The van der Waals surface area contributed by atoms with Crippen LogP contribution in [0.4, 0.5) is 5.69 Å². The van der Waals surface area contributed by atoms with Crippen molar-refractivity contribution in [2.45, 2.75) is 44.8 Å². The molecule has 2 heterocycles. The lowest BCUT2D eigenvalue weighted by Crippen LogP contribution is -2.35. The van der Waals surface area contributed by atoms with Gasteiger partial charge in [0.1, 0.15) is 12.2 Å². The van der Waals surface area contributed by atoms with Gasteiger partial charge in [0.2, 0.25) is 5.91 Å². The molecule has 1 aromatic carbocycles. The SMILES string of the molecule is O=C(Cn1cc(NC(=O)c2cccn2Cc2ccccc2)cn1)NC1CCCC1. The normalized spacial score (nSPS) is 14.1. The summed E-state index contributed by atoms with van der Waals surface area (Å²) in [5, 5.41) is 10.1. The van der Waals surface area contributed by atoms with Crippen LogP contribution in [0.2, 0.25) is 0 Å². The summed E-state index contributed by atoms with van der Waals surface area (Å²) in [6, 6.07) is 13.9. The molecule has 0 radical (unpaired) electrons. The Morgan fingerprint density at radius 2 is 1.86 bits per heavy atom. The van der Waals surface area contributed by atoms with Gasteiger partial charge < -0.3 is 15.2 Å². The van der Waals surface area contributed by atoms with E-state index in [1.807, 2.05) is 47.2 Å². The fourth-order valence-corrected chi connectivity index (χ4v) is 3.74. The Morgan fingerprint density at radius 3 is 2.66 bits per heavy atom. The van der Waals surface area contributed by atoms with Gasteiger partial charge in [0.15, 0.2) is 0 Å². The van der Waals surface area contributed by atoms with Crippen molar-refractivity contribution in [3.8, 4) is 0 Å². The summed E-state index contributed by atoms with van der Waals surface area (Å²) in [6.07, 6.45) is 9.58. The quantitative estimate of drug-likeness (QED) is 0.650. The molecule has 29 heavy (non-hydrogen) atoms. The van der Waals surface area contributed by atoms with Crippen LogP contribution < -0.4 is 10.6 Å². The molecule has 1 aliphatic rings. The maximum absolute atomic E-state index is 12.7. The Morgan fingerprint density at radius 1 is 1.07 bits per heavy atom. The predicted octanol–water partition coefficient (Wildman–Crippen LogP) is 3.04. The molecule has 4 rings (SSSR count). The van der Waals surface area contributed by atoms with Gasteiger partial charge in [-0.15, -0.1) is 0 Å². The van der Waals surface area contributed by atoms with Gasteiger partial charge in [-0.1, -0.05) is 43.2 Å². The van der Waals surface area contributed by atoms with Crippen molar-refractivity contribution < 1.29 is 9.59 Å². The van der Waals surface area contributed by atoms with Crippen LogP contribution in [-0.2, 0) is 17.9 Å². The van der Waals surface area contributed by atoms with Crippen molar-refractivity contribution in [2.75, 3.05) is 5.32 Å². The van der Waals surface area contributed by atoms with Crippen molar-refractivity contribution in [3.05, 3.63) is 72.3 Å². The van der Waals surface area contributed by atoms with Crippen LogP contribution in [0.1, 0.15) is 41.7 Å². The summed E-state index contributed by atoms with van der Waals surface area (Å²) < 4.78 is 3.45. The minimum Gasteiger partial charge on any atom is -0.352 e. The molecule has 0 spiro atoms. The highest BCUT2D eigenvalue weighted by Crippen LogP contribution is 2.17. The average molecular weight is 391 g/mol.